The Morgan fingerprint density at radius 2 is 1.88 bits per heavy atom. The minimum absolute atomic E-state index is 0.115. The molecule has 0 aromatic heterocycles. The van der Waals surface area contributed by atoms with Crippen LogP contribution in [-0.4, -0.2) is 69.1 Å². The Kier molecular flexibility index (Phi) is 8.74. The third kappa shape index (κ3) is 9.50. The molecule has 0 saturated carbocycles. The lowest BCUT2D eigenvalue weighted by Gasteiger charge is -2.25. The Balaban J connectivity index is 2.42. The van der Waals surface area contributed by atoms with E-state index in [-0.39, 0.29) is 12.5 Å². The van der Waals surface area contributed by atoms with Gasteiger partial charge in [-0.3, -0.25) is 4.99 Å². The molecule has 0 aliphatic rings. The van der Waals surface area contributed by atoms with E-state index in [2.05, 4.69) is 4.99 Å². The highest BCUT2D eigenvalue weighted by Gasteiger charge is 2.10. The summed E-state index contributed by atoms with van der Waals surface area (Å²) in [6, 6.07) is 7.05. The van der Waals surface area contributed by atoms with Crippen molar-refractivity contribution in [2.24, 2.45) is 4.99 Å². The van der Waals surface area contributed by atoms with Crippen molar-refractivity contribution >= 4 is 11.6 Å². The first kappa shape index (κ1) is 20.4. The molecule has 0 aliphatic heterocycles. The fourth-order valence-corrected chi connectivity index (χ4v) is 1.86. The monoisotopic (exact) mass is 339 g/mol. The van der Waals surface area contributed by atoms with E-state index in [1.54, 1.807) is 24.3 Å². The van der Waals surface area contributed by atoms with Crippen LogP contribution in [-0.2, 0) is 4.74 Å². The molecular weight excluding hydrogens is 308 g/mol. The van der Waals surface area contributed by atoms with Crippen LogP contribution in [0.25, 0.3) is 0 Å². The SMILES string of the molecule is CCCOC[C@@H]([OH2+])COc1ccc(N=C([O-])CC[N+](C)(C)C)cc1. The van der Waals surface area contributed by atoms with Crippen LogP contribution in [0.15, 0.2) is 29.3 Å². The van der Waals surface area contributed by atoms with Crippen LogP contribution < -0.4 is 9.84 Å². The van der Waals surface area contributed by atoms with Crippen LogP contribution in [0.5, 0.6) is 5.75 Å². The zero-order valence-electron chi connectivity index (χ0n) is 15.2. The number of hydrogen-bond acceptors (Lipinski definition) is 4. The van der Waals surface area contributed by atoms with E-state index < -0.39 is 6.10 Å². The van der Waals surface area contributed by atoms with Crippen LogP contribution >= 0.6 is 0 Å². The number of rotatable bonds is 11. The van der Waals surface area contributed by atoms with Gasteiger partial charge in [-0.1, -0.05) is 6.92 Å². The molecule has 2 N–H and O–H groups in total. The van der Waals surface area contributed by atoms with Crippen LogP contribution in [0.4, 0.5) is 5.69 Å². The van der Waals surface area contributed by atoms with Gasteiger partial charge in [-0.15, -0.1) is 0 Å². The lowest BCUT2D eigenvalue weighted by atomic mass is 10.3. The van der Waals surface area contributed by atoms with Crippen LogP contribution in [0.3, 0.4) is 0 Å². The maximum Gasteiger partial charge on any atom is 0.212 e. The summed E-state index contributed by atoms with van der Waals surface area (Å²) in [7, 11) is 6.14. The number of aliphatic imine (C=N–C) groups is 1. The number of ether oxygens (including phenoxy) is 2. The number of benzene rings is 1. The highest BCUT2D eigenvalue weighted by atomic mass is 16.5. The van der Waals surface area contributed by atoms with Gasteiger partial charge < -0.3 is 24.2 Å². The van der Waals surface area contributed by atoms with Gasteiger partial charge in [-0.2, -0.15) is 0 Å². The number of hydrogen-bond donors (Lipinski definition) is 0. The van der Waals surface area contributed by atoms with E-state index in [0.717, 1.165) is 17.4 Å². The highest BCUT2D eigenvalue weighted by Crippen LogP contribution is 2.18. The zero-order chi connectivity index (χ0) is 18.0. The van der Waals surface area contributed by atoms with Gasteiger partial charge in [0.25, 0.3) is 0 Å². The predicted molar refractivity (Wildman–Crippen MR) is 95.1 cm³/mol. The van der Waals surface area contributed by atoms with E-state index in [4.69, 9.17) is 14.6 Å². The van der Waals surface area contributed by atoms with Crippen LogP contribution in [0, 0.1) is 0 Å². The standard InChI is InChI=1S/C18H30N2O4/c1-5-12-23-13-16(21)14-24-17-8-6-15(7-9-17)19-18(22)10-11-20(2,3)4/h6-9,16,21H,5,10-14H2,1-4H3/p+1/t16-/m1/s1. The topological polar surface area (TPSA) is 76.8 Å². The second kappa shape index (κ2) is 10.3. The van der Waals surface area contributed by atoms with Crippen molar-refractivity contribution in [1.29, 1.82) is 0 Å². The summed E-state index contributed by atoms with van der Waals surface area (Å²) in [6.07, 6.45) is 0.976. The second-order valence-corrected chi connectivity index (χ2v) is 6.85. The molecule has 0 unspecified atom stereocenters. The average molecular weight is 339 g/mol. The van der Waals surface area contributed by atoms with Crippen molar-refractivity contribution < 1.29 is 24.2 Å². The average Bonchev–Trinajstić information content (AvgIpc) is 2.52. The Bertz CT molecular complexity index is 495. The van der Waals surface area contributed by atoms with Crippen LogP contribution in [0.1, 0.15) is 19.8 Å². The fraction of sp³-hybridized carbons (Fsp3) is 0.611. The molecular formula is C18H31N2O4+. The van der Waals surface area contributed by atoms with Gasteiger partial charge >= 0.3 is 0 Å². The largest absolute Gasteiger partial charge is 0.862 e. The van der Waals surface area contributed by atoms with E-state index in [1.807, 2.05) is 28.1 Å². The highest BCUT2D eigenvalue weighted by molar-refractivity contribution is 5.75. The molecule has 6 nitrogen and oxygen atoms in total. The molecule has 0 aliphatic carbocycles. The smallest absolute Gasteiger partial charge is 0.212 e. The van der Waals surface area contributed by atoms with E-state index in [1.165, 1.54) is 0 Å². The zero-order valence-corrected chi connectivity index (χ0v) is 15.2. The molecule has 1 rings (SSSR count). The summed E-state index contributed by atoms with van der Waals surface area (Å²) in [5.41, 5.74) is 0.627. The Hall–Kier alpha value is -1.63. The van der Waals surface area contributed by atoms with Gasteiger partial charge in [-0.25, -0.2) is 0 Å². The first-order valence-corrected chi connectivity index (χ1v) is 8.37. The Morgan fingerprint density at radius 1 is 1.21 bits per heavy atom. The number of quaternary nitrogens is 1. The van der Waals surface area contributed by atoms with Crippen molar-refractivity contribution in [2.45, 2.75) is 25.9 Å². The first-order valence-electron chi connectivity index (χ1n) is 8.37. The minimum atomic E-state index is -0.405. The molecule has 1 aromatic rings. The molecule has 0 radical (unpaired) electrons. The van der Waals surface area contributed by atoms with E-state index >= 15 is 0 Å². The van der Waals surface area contributed by atoms with Gasteiger partial charge in [-0.05, 0) is 36.6 Å². The van der Waals surface area contributed by atoms with Crippen LogP contribution in [0.2, 0.25) is 0 Å². The first-order chi connectivity index (χ1) is 11.3. The summed E-state index contributed by atoms with van der Waals surface area (Å²) in [4.78, 5) is 4.09. The second-order valence-electron chi connectivity index (χ2n) is 6.85. The Labute approximate surface area is 144 Å². The van der Waals surface area contributed by atoms with E-state index in [0.29, 0.717) is 31.1 Å². The van der Waals surface area contributed by atoms with Gasteiger partial charge in [0.15, 0.2) is 6.61 Å². The quantitative estimate of drug-likeness (QED) is 0.199. The molecule has 0 spiro atoms. The van der Waals surface area contributed by atoms with Gasteiger partial charge in [0.05, 0.1) is 33.4 Å². The summed E-state index contributed by atoms with van der Waals surface area (Å²) in [6.45, 7) is 4.13. The van der Waals surface area contributed by atoms with Crippen molar-refractivity contribution in [3.63, 3.8) is 0 Å². The summed E-state index contributed by atoms with van der Waals surface area (Å²) < 4.78 is 11.6. The molecule has 0 fully saturated rings. The lowest BCUT2D eigenvalue weighted by Crippen LogP contribution is -2.38. The molecule has 0 amide bonds. The molecule has 6 heteroatoms. The van der Waals surface area contributed by atoms with E-state index in [9.17, 15) is 5.11 Å². The maximum absolute atomic E-state index is 11.8. The predicted octanol–water partition coefficient (Wildman–Crippen LogP) is 1.07. The molecule has 0 bridgehead atoms. The van der Waals surface area contributed by atoms with Gasteiger partial charge in [0.1, 0.15) is 12.4 Å². The fourth-order valence-electron chi connectivity index (χ4n) is 1.86. The molecule has 0 heterocycles. The molecule has 0 saturated heterocycles. The lowest BCUT2D eigenvalue weighted by molar-refractivity contribution is -0.869. The van der Waals surface area contributed by atoms with Crippen molar-refractivity contribution in [3.05, 3.63) is 24.3 Å². The van der Waals surface area contributed by atoms with Crippen molar-refractivity contribution in [3.8, 4) is 5.75 Å². The molecule has 136 valence electrons. The summed E-state index contributed by atoms with van der Waals surface area (Å²) in [5.74, 6) is 0.552. The van der Waals surface area contributed by atoms with Gasteiger partial charge in [0, 0.05) is 13.0 Å². The summed E-state index contributed by atoms with van der Waals surface area (Å²) >= 11 is 0. The number of nitrogens with zero attached hydrogens (tertiary/aromatic N) is 2. The third-order valence-electron chi connectivity index (χ3n) is 3.21. The molecule has 24 heavy (non-hydrogen) atoms. The minimum Gasteiger partial charge on any atom is -0.862 e. The van der Waals surface area contributed by atoms with Crippen molar-refractivity contribution in [1.82, 2.24) is 0 Å². The van der Waals surface area contributed by atoms with Gasteiger partial charge in [0.2, 0.25) is 6.10 Å². The van der Waals surface area contributed by atoms with Crippen molar-refractivity contribution in [2.75, 3.05) is 47.5 Å². The molecule has 1 aromatic carbocycles. The Morgan fingerprint density at radius 3 is 2.46 bits per heavy atom. The summed E-state index contributed by atoms with van der Waals surface area (Å²) in [5, 5.41) is 19.7. The normalized spacial score (nSPS) is 13.8. The third-order valence-corrected chi connectivity index (χ3v) is 3.21. The maximum atomic E-state index is 11.8. The molecule has 1 atom stereocenters.